The quantitative estimate of drug-likeness (QED) is 0.627. The van der Waals surface area contributed by atoms with Crippen molar-refractivity contribution in [2.45, 2.75) is 53.6 Å². The summed E-state index contributed by atoms with van der Waals surface area (Å²) in [6.07, 6.45) is 1.06. The van der Waals surface area contributed by atoms with E-state index in [1.807, 2.05) is 32.0 Å². The summed E-state index contributed by atoms with van der Waals surface area (Å²) in [6, 6.07) is 5.73. The Kier molecular flexibility index (Phi) is 4.75. The molecule has 4 rings (SSSR count). The Hall–Kier alpha value is -2.63. The van der Waals surface area contributed by atoms with Gasteiger partial charge in [0.05, 0.1) is 11.8 Å². The number of nitrogens with zero attached hydrogens (tertiary/aromatic N) is 1. The van der Waals surface area contributed by atoms with Crippen LogP contribution in [-0.2, 0) is 14.4 Å². The predicted molar refractivity (Wildman–Crippen MR) is 108 cm³/mol. The molecule has 0 aromatic heterocycles. The van der Waals surface area contributed by atoms with Crippen molar-refractivity contribution < 1.29 is 19.1 Å². The number of aryl methyl sites for hydroxylation is 2. The first kappa shape index (κ1) is 19.7. The van der Waals surface area contributed by atoms with Crippen LogP contribution in [0.4, 0.5) is 0 Å². The van der Waals surface area contributed by atoms with Crippen LogP contribution in [0.5, 0.6) is 5.75 Å². The van der Waals surface area contributed by atoms with Crippen molar-refractivity contribution in [1.29, 1.82) is 0 Å². The number of hydrogen-bond acceptors (Lipinski definition) is 4. The highest BCUT2D eigenvalue weighted by atomic mass is 16.5. The number of carbonyl (C=O) groups is 3. The lowest BCUT2D eigenvalue weighted by Gasteiger charge is -2.22. The van der Waals surface area contributed by atoms with E-state index in [-0.39, 0.29) is 35.5 Å². The van der Waals surface area contributed by atoms with Crippen LogP contribution in [0.15, 0.2) is 29.3 Å². The summed E-state index contributed by atoms with van der Waals surface area (Å²) in [4.78, 5) is 38.6. The summed E-state index contributed by atoms with van der Waals surface area (Å²) in [7, 11) is 0. The Labute approximate surface area is 171 Å². The third-order valence-corrected chi connectivity index (χ3v) is 6.53. The van der Waals surface area contributed by atoms with Gasteiger partial charge in [-0.3, -0.25) is 19.8 Å². The number of hydrogen-bond donors (Lipinski definition) is 1. The van der Waals surface area contributed by atoms with E-state index in [1.165, 1.54) is 11.1 Å². The highest BCUT2D eigenvalue weighted by Crippen LogP contribution is 2.59. The third-order valence-electron chi connectivity index (χ3n) is 6.53. The molecule has 0 unspecified atom stereocenters. The Bertz CT molecular complexity index is 879. The lowest BCUT2D eigenvalue weighted by Crippen LogP contribution is -2.51. The van der Waals surface area contributed by atoms with Crippen molar-refractivity contribution in [2.75, 3.05) is 0 Å². The van der Waals surface area contributed by atoms with Crippen molar-refractivity contribution >= 4 is 17.7 Å². The van der Waals surface area contributed by atoms with Crippen LogP contribution < -0.4 is 10.2 Å². The zero-order valence-corrected chi connectivity index (χ0v) is 17.6. The van der Waals surface area contributed by atoms with Gasteiger partial charge in [-0.25, -0.2) is 0 Å². The Morgan fingerprint density at radius 2 is 1.55 bits per heavy atom. The smallest absolute Gasteiger partial charge is 0.279 e. The van der Waals surface area contributed by atoms with Gasteiger partial charge in [0.1, 0.15) is 5.75 Å². The van der Waals surface area contributed by atoms with E-state index in [0.29, 0.717) is 5.75 Å². The first-order chi connectivity index (χ1) is 13.7. The van der Waals surface area contributed by atoms with E-state index >= 15 is 0 Å². The van der Waals surface area contributed by atoms with Gasteiger partial charge >= 0.3 is 0 Å². The first-order valence-electron chi connectivity index (χ1n) is 10.3. The molecule has 1 aromatic rings. The van der Waals surface area contributed by atoms with Crippen molar-refractivity contribution in [3.63, 3.8) is 0 Å². The topological polar surface area (TPSA) is 75.7 Å². The first-order valence-corrected chi connectivity index (χ1v) is 10.3. The molecule has 3 amide bonds. The summed E-state index contributed by atoms with van der Waals surface area (Å²) >= 11 is 0. The molecule has 1 heterocycles. The number of carbonyl (C=O) groups excluding carboxylic acids is 3. The van der Waals surface area contributed by atoms with Crippen molar-refractivity contribution in [1.82, 2.24) is 10.4 Å². The second kappa shape index (κ2) is 7.01. The molecule has 2 bridgehead atoms. The number of benzene rings is 1. The minimum Gasteiger partial charge on any atom is -0.481 e. The highest BCUT2D eigenvalue weighted by Gasteiger charge is 2.63. The fourth-order valence-corrected chi connectivity index (χ4v) is 5.56. The molecule has 5 atom stereocenters. The van der Waals surface area contributed by atoms with E-state index in [1.54, 1.807) is 6.92 Å². The van der Waals surface area contributed by atoms with E-state index in [0.717, 1.165) is 29.0 Å². The van der Waals surface area contributed by atoms with Gasteiger partial charge < -0.3 is 4.74 Å². The SMILES string of the molecule is CC(C)=C1[C@H]2CC[C@H]1[C@@H]1C(=O)N(NC(=O)[C@H](C)Oc3cc(C)cc(C)c3)C(=O)[C@H]12. The Balaban J connectivity index is 1.47. The summed E-state index contributed by atoms with van der Waals surface area (Å²) < 4.78 is 5.75. The highest BCUT2D eigenvalue weighted by molar-refractivity contribution is 6.07. The minimum absolute atomic E-state index is 0.136. The average molecular weight is 396 g/mol. The lowest BCUT2D eigenvalue weighted by molar-refractivity contribution is -0.151. The standard InChI is InChI=1S/C23H28N2O4/c1-11(2)18-16-6-7-17(18)20-19(16)22(27)25(23(20)28)24-21(26)14(5)29-15-9-12(3)8-13(4)10-15/h8-10,14,16-17,19-20H,6-7H2,1-5H3,(H,24,26)/t14-,16+,17+,19-,20-/m0/s1. The largest absolute Gasteiger partial charge is 0.481 e. The predicted octanol–water partition coefficient (Wildman–Crippen LogP) is 3.08. The maximum atomic E-state index is 13.0. The van der Waals surface area contributed by atoms with Gasteiger partial charge in [-0.05, 0) is 82.6 Å². The van der Waals surface area contributed by atoms with Gasteiger partial charge in [-0.15, -0.1) is 0 Å². The molecule has 154 valence electrons. The third kappa shape index (κ3) is 3.15. The van der Waals surface area contributed by atoms with Crippen LogP contribution >= 0.6 is 0 Å². The summed E-state index contributed by atoms with van der Waals surface area (Å²) in [6.45, 7) is 9.65. The van der Waals surface area contributed by atoms with Crippen LogP contribution in [-0.4, -0.2) is 28.8 Å². The summed E-state index contributed by atoms with van der Waals surface area (Å²) in [5.74, 6) is -0.859. The van der Waals surface area contributed by atoms with E-state index in [2.05, 4.69) is 19.3 Å². The van der Waals surface area contributed by atoms with Gasteiger partial charge in [-0.1, -0.05) is 17.2 Å². The number of hydrazine groups is 1. The molecule has 1 saturated heterocycles. The molecule has 29 heavy (non-hydrogen) atoms. The zero-order chi connectivity index (χ0) is 21.0. The van der Waals surface area contributed by atoms with Gasteiger partial charge in [-0.2, -0.15) is 5.01 Å². The van der Waals surface area contributed by atoms with E-state index < -0.39 is 12.0 Å². The Morgan fingerprint density at radius 3 is 2.03 bits per heavy atom. The van der Waals surface area contributed by atoms with Gasteiger partial charge in [0.25, 0.3) is 17.7 Å². The molecule has 2 saturated carbocycles. The van der Waals surface area contributed by atoms with Crippen molar-refractivity contribution in [3.8, 4) is 5.75 Å². The molecule has 1 aliphatic heterocycles. The number of imide groups is 1. The molecule has 3 fully saturated rings. The van der Waals surface area contributed by atoms with E-state index in [9.17, 15) is 14.4 Å². The number of ether oxygens (including phenoxy) is 1. The molecule has 3 aliphatic rings. The lowest BCUT2D eigenvalue weighted by atomic mass is 9.81. The number of amides is 3. The zero-order valence-electron chi connectivity index (χ0n) is 17.6. The Morgan fingerprint density at radius 1 is 1.03 bits per heavy atom. The fraction of sp³-hybridized carbons (Fsp3) is 0.522. The minimum atomic E-state index is -0.831. The molecular weight excluding hydrogens is 368 g/mol. The molecule has 6 nitrogen and oxygen atoms in total. The van der Waals surface area contributed by atoms with E-state index in [4.69, 9.17) is 4.74 Å². The second-order valence-electron chi connectivity index (χ2n) is 8.87. The normalized spacial score (nSPS) is 28.6. The number of nitrogens with one attached hydrogen (secondary N) is 1. The van der Waals surface area contributed by atoms with Crippen LogP contribution in [0, 0.1) is 37.5 Å². The molecule has 0 radical (unpaired) electrons. The summed E-state index contributed by atoms with van der Waals surface area (Å²) in [5, 5.41) is 0.951. The molecular formula is C23H28N2O4. The number of fused-ring (bicyclic) bond motifs is 5. The fourth-order valence-electron chi connectivity index (χ4n) is 5.56. The van der Waals surface area contributed by atoms with Crippen LogP contribution in [0.3, 0.4) is 0 Å². The van der Waals surface area contributed by atoms with Crippen LogP contribution in [0.1, 0.15) is 44.7 Å². The van der Waals surface area contributed by atoms with Crippen LogP contribution in [0.2, 0.25) is 0 Å². The molecule has 0 spiro atoms. The maximum Gasteiger partial charge on any atom is 0.279 e. The van der Waals surface area contributed by atoms with Gasteiger partial charge in [0.2, 0.25) is 0 Å². The monoisotopic (exact) mass is 396 g/mol. The molecule has 6 heteroatoms. The summed E-state index contributed by atoms with van der Waals surface area (Å²) in [5.41, 5.74) is 7.11. The second-order valence-corrected chi connectivity index (χ2v) is 8.87. The van der Waals surface area contributed by atoms with Crippen molar-refractivity contribution in [2.24, 2.45) is 23.7 Å². The number of allylic oxidation sites excluding steroid dienone is 2. The number of rotatable bonds is 4. The van der Waals surface area contributed by atoms with Crippen LogP contribution in [0.25, 0.3) is 0 Å². The van der Waals surface area contributed by atoms with Crippen molar-refractivity contribution in [3.05, 3.63) is 40.5 Å². The average Bonchev–Trinajstić information content (AvgIpc) is 3.26. The van der Waals surface area contributed by atoms with Gasteiger partial charge in [0, 0.05) is 0 Å². The molecule has 1 aromatic carbocycles. The maximum absolute atomic E-state index is 13.0. The molecule has 1 N–H and O–H groups in total. The molecule has 2 aliphatic carbocycles. The van der Waals surface area contributed by atoms with Gasteiger partial charge in [0.15, 0.2) is 6.10 Å².